The van der Waals surface area contributed by atoms with Crippen LogP contribution in [0.4, 0.5) is 11.4 Å². The summed E-state index contributed by atoms with van der Waals surface area (Å²) in [6.07, 6.45) is 1.24. The number of anilines is 2. The predicted octanol–water partition coefficient (Wildman–Crippen LogP) is 3.15. The Balaban J connectivity index is 1.35. The van der Waals surface area contributed by atoms with Crippen molar-refractivity contribution in [2.75, 3.05) is 43.0 Å². The van der Waals surface area contributed by atoms with Crippen molar-refractivity contribution in [1.29, 1.82) is 0 Å². The number of piperazine rings is 1. The lowest BCUT2D eigenvalue weighted by molar-refractivity contribution is -0.142. The number of nitrogens with zero attached hydrogens (tertiary/aromatic N) is 2. The third kappa shape index (κ3) is 4.06. The molecule has 0 bridgehead atoms. The van der Waals surface area contributed by atoms with Crippen molar-refractivity contribution in [3.8, 4) is 5.75 Å². The van der Waals surface area contributed by atoms with Gasteiger partial charge in [0.25, 0.3) is 0 Å². The first-order valence-corrected chi connectivity index (χ1v) is 10.3. The fourth-order valence-corrected chi connectivity index (χ4v) is 3.82. The van der Waals surface area contributed by atoms with Crippen molar-refractivity contribution in [2.45, 2.75) is 19.8 Å². The van der Waals surface area contributed by atoms with Crippen molar-refractivity contribution >= 4 is 23.2 Å². The van der Waals surface area contributed by atoms with Gasteiger partial charge in [0.15, 0.2) is 0 Å². The van der Waals surface area contributed by atoms with Crippen LogP contribution in [0.5, 0.6) is 5.75 Å². The van der Waals surface area contributed by atoms with Gasteiger partial charge >= 0.3 is 0 Å². The highest BCUT2D eigenvalue weighted by atomic mass is 16.5. The number of amides is 2. The van der Waals surface area contributed by atoms with E-state index in [-0.39, 0.29) is 11.8 Å². The van der Waals surface area contributed by atoms with Gasteiger partial charge in [0.1, 0.15) is 11.2 Å². The van der Waals surface area contributed by atoms with Crippen molar-refractivity contribution in [2.24, 2.45) is 5.41 Å². The zero-order chi connectivity index (χ0) is 20.3. The zero-order valence-electron chi connectivity index (χ0n) is 16.8. The number of benzene rings is 2. The molecular formula is C23H27N3O3. The molecule has 152 valence electrons. The highest BCUT2D eigenvalue weighted by Gasteiger charge is 2.58. The van der Waals surface area contributed by atoms with Crippen LogP contribution in [0.2, 0.25) is 0 Å². The molecule has 1 aliphatic heterocycles. The van der Waals surface area contributed by atoms with Crippen molar-refractivity contribution in [1.82, 2.24) is 4.90 Å². The first-order chi connectivity index (χ1) is 14.1. The Morgan fingerprint density at radius 1 is 0.966 bits per heavy atom. The van der Waals surface area contributed by atoms with Crippen LogP contribution in [0.3, 0.4) is 0 Å². The van der Waals surface area contributed by atoms with E-state index < -0.39 is 5.41 Å². The van der Waals surface area contributed by atoms with E-state index in [1.165, 1.54) is 5.69 Å². The monoisotopic (exact) mass is 393 g/mol. The molecule has 0 unspecified atom stereocenters. The van der Waals surface area contributed by atoms with E-state index in [1.807, 2.05) is 54.3 Å². The molecule has 1 aliphatic carbocycles. The molecule has 1 heterocycles. The molecule has 6 heteroatoms. The fraction of sp³-hybridized carbons (Fsp3) is 0.391. The van der Waals surface area contributed by atoms with E-state index in [0.29, 0.717) is 38.2 Å². The number of ether oxygens (including phenoxy) is 1. The second-order valence-electron chi connectivity index (χ2n) is 7.61. The average Bonchev–Trinajstić information content (AvgIpc) is 3.58. The summed E-state index contributed by atoms with van der Waals surface area (Å²) in [6.45, 7) is 5.38. The van der Waals surface area contributed by atoms with E-state index in [4.69, 9.17) is 4.74 Å². The minimum atomic E-state index is -0.895. The number of hydrogen-bond donors (Lipinski definition) is 1. The Bertz CT molecular complexity index is 855. The predicted molar refractivity (Wildman–Crippen MR) is 113 cm³/mol. The van der Waals surface area contributed by atoms with Gasteiger partial charge in [0.2, 0.25) is 11.8 Å². The number of carbonyl (C=O) groups is 2. The number of para-hydroxylation sites is 1. The molecule has 1 saturated carbocycles. The molecule has 0 aromatic heterocycles. The van der Waals surface area contributed by atoms with Gasteiger partial charge in [-0.15, -0.1) is 0 Å². The summed E-state index contributed by atoms with van der Waals surface area (Å²) in [5.41, 5.74) is 0.966. The molecular weight excluding hydrogens is 366 g/mol. The van der Waals surface area contributed by atoms with E-state index >= 15 is 0 Å². The van der Waals surface area contributed by atoms with Crippen LogP contribution in [-0.4, -0.2) is 49.5 Å². The molecule has 1 N–H and O–H groups in total. The van der Waals surface area contributed by atoms with Crippen LogP contribution >= 0.6 is 0 Å². The lowest BCUT2D eigenvalue weighted by atomic mass is 10.0. The van der Waals surface area contributed by atoms with E-state index in [2.05, 4.69) is 22.3 Å². The second-order valence-corrected chi connectivity index (χ2v) is 7.61. The first-order valence-electron chi connectivity index (χ1n) is 10.3. The molecule has 2 fully saturated rings. The quantitative estimate of drug-likeness (QED) is 0.766. The second kappa shape index (κ2) is 8.15. The Morgan fingerprint density at radius 3 is 2.21 bits per heavy atom. The lowest BCUT2D eigenvalue weighted by Crippen LogP contribution is -2.52. The summed E-state index contributed by atoms with van der Waals surface area (Å²) < 4.78 is 5.43. The standard InChI is InChI=1S/C23H27N3O3/c1-2-29-20-10-8-18(9-11-20)24-21(27)23(12-13-23)22(28)26-16-14-25(15-17-26)19-6-4-3-5-7-19/h3-11H,2,12-17H2,1H3,(H,24,27). The largest absolute Gasteiger partial charge is 0.494 e. The minimum absolute atomic E-state index is 0.0337. The maximum Gasteiger partial charge on any atom is 0.240 e. The van der Waals surface area contributed by atoms with Crippen LogP contribution < -0.4 is 15.0 Å². The van der Waals surface area contributed by atoms with Gasteiger partial charge in [-0.1, -0.05) is 18.2 Å². The Hall–Kier alpha value is -3.02. The molecule has 4 rings (SSSR count). The summed E-state index contributed by atoms with van der Waals surface area (Å²) in [7, 11) is 0. The number of hydrogen-bond acceptors (Lipinski definition) is 4. The highest BCUT2D eigenvalue weighted by molar-refractivity contribution is 6.13. The molecule has 1 saturated heterocycles. The van der Waals surface area contributed by atoms with Crippen LogP contribution in [-0.2, 0) is 9.59 Å². The smallest absolute Gasteiger partial charge is 0.240 e. The molecule has 29 heavy (non-hydrogen) atoms. The van der Waals surface area contributed by atoms with Gasteiger partial charge in [-0.2, -0.15) is 0 Å². The third-order valence-electron chi connectivity index (χ3n) is 5.71. The Labute approximate surface area is 171 Å². The van der Waals surface area contributed by atoms with Crippen LogP contribution in [0.25, 0.3) is 0 Å². The average molecular weight is 393 g/mol. The topological polar surface area (TPSA) is 61.9 Å². The highest BCUT2D eigenvalue weighted by Crippen LogP contribution is 2.48. The summed E-state index contributed by atoms with van der Waals surface area (Å²) >= 11 is 0. The summed E-state index contributed by atoms with van der Waals surface area (Å²) in [5.74, 6) is 0.532. The van der Waals surface area contributed by atoms with Crippen molar-refractivity contribution < 1.29 is 14.3 Å². The Morgan fingerprint density at radius 2 is 1.62 bits per heavy atom. The van der Waals surface area contributed by atoms with Gasteiger partial charge in [-0.25, -0.2) is 0 Å². The molecule has 2 aliphatic rings. The first kappa shape index (κ1) is 19.3. The molecule has 0 spiro atoms. The van der Waals surface area contributed by atoms with Gasteiger partial charge in [-0.3, -0.25) is 9.59 Å². The number of carbonyl (C=O) groups excluding carboxylic acids is 2. The van der Waals surface area contributed by atoms with E-state index in [1.54, 1.807) is 0 Å². The third-order valence-corrected chi connectivity index (χ3v) is 5.71. The van der Waals surface area contributed by atoms with Crippen molar-refractivity contribution in [3.05, 3.63) is 54.6 Å². The molecule has 2 aromatic carbocycles. The van der Waals surface area contributed by atoms with Gasteiger partial charge in [0, 0.05) is 37.6 Å². The molecule has 0 radical (unpaired) electrons. The van der Waals surface area contributed by atoms with Crippen LogP contribution in [0.15, 0.2) is 54.6 Å². The molecule has 2 aromatic rings. The lowest BCUT2D eigenvalue weighted by Gasteiger charge is -2.37. The zero-order valence-corrected chi connectivity index (χ0v) is 16.8. The van der Waals surface area contributed by atoms with E-state index in [0.717, 1.165) is 18.8 Å². The minimum Gasteiger partial charge on any atom is -0.494 e. The van der Waals surface area contributed by atoms with Crippen molar-refractivity contribution in [3.63, 3.8) is 0 Å². The summed E-state index contributed by atoms with van der Waals surface area (Å²) in [5, 5.41) is 2.92. The normalized spacial score (nSPS) is 17.6. The molecule has 2 amide bonds. The number of rotatable bonds is 6. The summed E-state index contributed by atoms with van der Waals surface area (Å²) in [4.78, 5) is 30.1. The maximum atomic E-state index is 13.1. The summed E-state index contributed by atoms with van der Waals surface area (Å²) in [6, 6.07) is 17.5. The van der Waals surface area contributed by atoms with Gasteiger partial charge in [0.05, 0.1) is 6.61 Å². The molecule has 0 atom stereocenters. The SMILES string of the molecule is CCOc1ccc(NC(=O)C2(C(=O)N3CCN(c4ccccc4)CC3)CC2)cc1. The van der Waals surface area contributed by atoms with E-state index in [9.17, 15) is 9.59 Å². The maximum absolute atomic E-state index is 13.1. The van der Waals surface area contributed by atoms with Crippen LogP contribution in [0, 0.1) is 5.41 Å². The Kier molecular flexibility index (Phi) is 5.43. The van der Waals surface area contributed by atoms with Gasteiger partial charge < -0.3 is 19.9 Å². The number of nitrogens with one attached hydrogen (secondary N) is 1. The molecule has 6 nitrogen and oxygen atoms in total. The fourth-order valence-electron chi connectivity index (χ4n) is 3.82. The van der Waals surface area contributed by atoms with Gasteiger partial charge in [-0.05, 0) is 56.2 Å². The van der Waals surface area contributed by atoms with Crippen LogP contribution in [0.1, 0.15) is 19.8 Å².